The van der Waals surface area contributed by atoms with Gasteiger partial charge in [0.05, 0.1) is 0 Å². The molecule has 0 aliphatic rings. The van der Waals surface area contributed by atoms with Crippen LogP contribution < -0.4 is 11.5 Å². The molecule has 0 heterocycles. The van der Waals surface area contributed by atoms with Crippen LogP contribution in [0.1, 0.15) is 33.4 Å². The summed E-state index contributed by atoms with van der Waals surface area (Å²) in [5.41, 5.74) is 29.9. The summed E-state index contributed by atoms with van der Waals surface area (Å²) in [6.45, 7) is 0. The molecule has 8 aromatic carbocycles. The van der Waals surface area contributed by atoms with E-state index in [-0.39, 0.29) is 0 Å². The molecule has 258 valence electrons. The van der Waals surface area contributed by atoms with Gasteiger partial charge in [-0.15, -0.1) is 0 Å². The SMILES string of the molecule is Nc1ccc(C=C(c2ccccc2)c2cccc(-c3ccccc3)c2C(=Cc2ccc(N)cc2-c2ccccc2)c2ccccc2)c(-c2ccccc2)c1. The fraction of sp³-hybridized carbons (Fsp3) is 0. The monoisotopic (exact) mass is 692 g/mol. The van der Waals surface area contributed by atoms with Gasteiger partial charge < -0.3 is 11.5 Å². The maximum absolute atomic E-state index is 6.45. The average molecular weight is 693 g/mol. The third-order valence-electron chi connectivity index (χ3n) is 9.80. The Hall–Kier alpha value is -7.16. The van der Waals surface area contributed by atoms with Gasteiger partial charge in [0.25, 0.3) is 0 Å². The molecule has 2 nitrogen and oxygen atoms in total. The summed E-state index contributed by atoms with van der Waals surface area (Å²) in [5.74, 6) is 0. The molecule has 0 aromatic heterocycles. The minimum Gasteiger partial charge on any atom is -0.399 e. The first kappa shape index (κ1) is 34.0. The van der Waals surface area contributed by atoms with Crippen molar-refractivity contribution in [3.05, 3.63) is 240 Å². The van der Waals surface area contributed by atoms with E-state index in [1.807, 2.05) is 24.3 Å². The second-order valence-corrected chi connectivity index (χ2v) is 13.4. The van der Waals surface area contributed by atoms with Gasteiger partial charge in [-0.3, -0.25) is 0 Å². The highest BCUT2D eigenvalue weighted by Gasteiger charge is 2.21. The van der Waals surface area contributed by atoms with Gasteiger partial charge in [-0.05, 0) is 114 Å². The molecule has 0 aliphatic carbocycles. The van der Waals surface area contributed by atoms with Crippen LogP contribution in [0.3, 0.4) is 0 Å². The van der Waals surface area contributed by atoms with Gasteiger partial charge in [0.2, 0.25) is 0 Å². The number of rotatable bonds is 9. The zero-order valence-electron chi connectivity index (χ0n) is 29.9. The molecule has 0 saturated carbocycles. The number of anilines is 2. The Bertz CT molecular complexity index is 2570. The molecule has 2 heteroatoms. The molecule has 0 fully saturated rings. The second kappa shape index (κ2) is 15.6. The van der Waals surface area contributed by atoms with Crippen molar-refractivity contribution in [3.63, 3.8) is 0 Å². The van der Waals surface area contributed by atoms with Crippen molar-refractivity contribution >= 4 is 34.7 Å². The summed E-state index contributed by atoms with van der Waals surface area (Å²) in [4.78, 5) is 0. The summed E-state index contributed by atoms with van der Waals surface area (Å²) < 4.78 is 0. The molecule has 0 unspecified atom stereocenters. The van der Waals surface area contributed by atoms with Gasteiger partial charge in [0, 0.05) is 11.4 Å². The standard InChI is InChI=1S/C52H40N2/c53-44-31-29-42(48(35-44)38-19-8-2-9-20-38)33-50(40-23-12-4-13-24-40)47-28-16-27-46(37-17-6-1-7-18-37)52(47)51(41-25-14-5-15-26-41)34-43-30-32-45(54)36-49(43)39-21-10-3-11-22-39/h1-36H,53-54H2. The zero-order valence-corrected chi connectivity index (χ0v) is 29.9. The van der Waals surface area contributed by atoms with Gasteiger partial charge in [0.1, 0.15) is 0 Å². The number of benzene rings is 8. The Morgan fingerprint density at radius 2 is 0.722 bits per heavy atom. The highest BCUT2D eigenvalue weighted by Crippen LogP contribution is 2.43. The van der Waals surface area contributed by atoms with Crippen molar-refractivity contribution < 1.29 is 0 Å². The van der Waals surface area contributed by atoms with Gasteiger partial charge >= 0.3 is 0 Å². The van der Waals surface area contributed by atoms with Crippen LogP contribution >= 0.6 is 0 Å². The number of hydrogen-bond acceptors (Lipinski definition) is 2. The lowest BCUT2D eigenvalue weighted by Gasteiger charge is -2.22. The lowest BCUT2D eigenvalue weighted by Crippen LogP contribution is -2.01. The van der Waals surface area contributed by atoms with E-state index in [1.54, 1.807) is 0 Å². The molecule has 0 spiro atoms. The molecular weight excluding hydrogens is 653 g/mol. The predicted octanol–water partition coefficient (Wildman–Crippen LogP) is 13.0. The van der Waals surface area contributed by atoms with E-state index in [0.29, 0.717) is 0 Å². The number of nitrogens with two attached hydrogens (primary N) is 2. The van der Waals surface area contributed by atoms with Crippen LogP contribution in [0, 0.1) is 0 Å². The van der Waals surface area contributed by atoms with Crippen LogP contribution in [-0.2, 0) is 0 Å². The maximum atomic E-state index is 6.45. The van der Waals surface area contributed by atoms with Crippen LogP contribution in [0.2, 0.25) is 0 Å². The first-order chi connectivity index (χ1) is 26.6. The minimum absolute atomic E-state index is 0.727. The van der Waals surface area contributed by atoms with Crippen molar-refractivity contribution in [2.75, 3.05) is 11.5 Å². The van der Waals surface area contributed by atoms with Crippen LogP contribution in [0.5, 0.6) is 0 Å². The Morgan fingerprint density at radius 1 is 0.333 bits per heavy atom. The minimum atomic E-state index is 0.727. The Balaban J connectivity index is 1.47. The fourth-order valence-electron chi connectivity index (χ4n) is 7.22. The first-order valence-corrected chi connectivity index (χ1v) is 18.3. The van der Waals surface area contributed by atoms with Crippen molar-refractivity contribution in [1.29, 1.82) is 0 Å². The topological polar surface area (TPSA) is 52.0 Å². The molecular formula is C52H40N2. The van der Waals surface area contributed by atoms with E-state index in [2.05, 4.69) is 194 Å². The van der Waals surface area contributed by atoms with E-state index in [0.717, 1.165) is 89.3 Å². The lowest BCUT2D eigenvalue weighted by molar-refractivity contribution is 1.48. The summed E-state index contributed by atoms with van der Waals surface area (Å²) in [5, 5.41) is 0. The highest BCUT2D eigenvalue weighted by atomic mass is 14.5. The third kappa shape index (κ3) is 7.27. The quantitative estimate of drug-likeness (QED) is 0.117. The second-order valence-electron chi connectivity index (χ2n) is 13.4. The van der Waals surface area contributed by atoms with Crippen LogP contribution in [0.25, 0.3) is 56.7 Å². The van der Waals surface area contributed by atoms with E-state index in [1.165, 1.54) is 0 Å². The smallest absolute Gasteiger partial charge is 0.0320 e. The normalized spacial score (nSPS) is 11.7. The van der Waals surface area contributed by atoms with E-state index >= 15 is 0 Å². The van der Waals surface area contributed by atoms with Crippen molar-refractivity contribution in [2.24, 2.45) is 0 Å². The lowest BCUT2D eigenvalue weighted by atomic mass is 9.81. The Morgan fingerprint density at radius 3 is 1.19 bits per heavy atom. The van der Waals surface area contributed by atoms with Crippen LogP contribution in [0.15, 0.2) is 206 Å². The summed E-state index contributed by atoms with van der Waals surface area (Å²) in [6.07, 6.45) is 4.66. The average Bonchev–Trinajstić information content (AvgIpc) is 3.24. The van der Waals surface area contributed by atoms with E-state index < -0.39 is 0 Å². The largest absolute Gasteiger partial charge is 0.399 e. The summed E-state index contributed by atoms with van der Waals surface area (Å²) >= 11 is 0. The van der Waals surface area contributed by atoms with Crippen LogP contribution in [0.4, 0.5) is 11.4 Å². The molecule has 0 radical (unpaired) electrons. The molecule has 4 N–H and O–H groups in total. The Labute approximate surface area is 318 Å². The van der Waals surface area contributed by atoms with Gasteiger partial charge in [-0.1, -0.05) is 182 Å². The molecule has 0 bridgehead atoms. The number of hydrogen-bond donors (Lipinski definition) is 2. The van der Waals surface area contributed by atoms with Gasteiger partial charge in [-0.2, -0.15) is 0 Å². The Kier molecular flexibility index (Phi) is 9.82. The van der Waals surface area contributed by atoms with Crippen molar-refractivity contribution in [3.8, 4) is 33.4 Å². The summed E-state index contributed by atoms with van der Waals surface area (Å²) in [6, 6.07) is 72.1. The summed E-state index contributed by atoms with van der Waals surface area (Å²) in [7, 11) is 0. The third-order valence-corrected chi connectivity index (χ3v) is 9.80. The molecule has 0 saturated heterocycles. The van der Waals surface area contributed by atoms with Crippen molar-refractivity contribution in [2.45, 2.75) is 0 Å². The van der Waals surface area contributed by atoms with Gasteiger partial charge in [0.15, 0.2) is 0 Å². The maximum Gasteiger partial charge on any atom is 0.0320 e. The molecule has 8 rings (SSSR count). The molecule has 8 aromatic rings. The molecule has 0 amide bonds. The first-order valence-electron chi connectivity index (χ1n) is 18.3. The van der Waals surface area contributed by atoms with E-state index in [9.17, 15) is 0 Å². The highest BCUT2D eigenvalue weighted by molar-refractivity contribution is 6.06. The van der Waals surface area contributed by atoms with Gasteiger partial charge in [-0.25, -0.2) is 0 Å². The van der Waals surface area contributed by atoms with Crippen LogP contribution in [-0.4, -0.2) is 0 Å². The molecule has 54 heavy (non-hydrogen) atoms. The number of nitrogen functional groups attached to an aromatic ring is 2. The van der Waals surface area contributed by atoms with Crippen molar-refractivity contribution in [1.82, 2.24) is 0 Å². The predicted molar refractivity (Wildman–Crippen MR) is 231 cm³/mol. The fourth-order valence-corrected chi connectivity index (χ4v) is 7.22. The molecule has 0 aliphatic heterocycles. The zero-order chi connectivity index (χ0) is 36.7. The molecule has 0 atom stereocenters. The van der Waals surface area contributed by atoms with E-state index in [4.69, 9.17) is 11.5 Å².